The van der Waals surface area contributed by atoms with E-state index in [1.165, 1.54) is 0 Å². The average Bonchev–Trinajstić information content (AvgIpc) is 2.86. The maximum absolute atomic E-state index is 12.3. The first-order chi connectivity index (χ1) is 9.24. The first-order valence-electron chi connectivity index (χ1n) is 5.90. The summed E-state index contributed by atoms with van der Waals surface area (Å²) in [6.07, 6.45) is 7.00. The normalized spacial score (nSPS) is 10.6. The van der Waals surface area contributed by atoms with Gasteiger partial charge in [0.25, 0.3) is 5.91 Å². The molecule has 19 heavy (non-hydrogen) atoms. The number of hydrogen-bond donors (Lipinski definition) is 1. The van der Waals surface area contributed by atoms with Crippen molar-refractivity contribution < 1.29 is 4.79 Å². The van der Waals surface area contributed by atoms with Crippen LogP contribution in [0.15, 0.2) is 49.1 Å². The Bertz CT molecular complexity index is 748. The van der Waals surface area contributed by atoms with Crippen LogP contribution in [-0.2, 0) is 0 Å². The van der Waals surface area contributed by atoms with Crippen LogP contribution in [0.4, 0.5) is 5.69 Å². The van der Waals surface area contributed by atoms with Gasteiger partial charge in [0.15, 0.2) is 0 Å². The number of anilines is 1. The molecule has 0 fully saturated rings. The summed E-state index contributed by atoms with van der Waals surface area (Å²) in [6.45, 7) is 1.88. The number of pyridine rings is 2. The minimum atomic E-state index is -0.178. The van der Waals surface area contributed by atoms with E-state index in [0.29, 0.717) is 11.2 Å². The van der Waals surface area contributed by atoms with Crippen molar-refractivity contribution in [1.29, 1.82) is 0 Å². The van der Waals surface area contributed by atoms with E-state index in [0.717, 1.165) is 11.4 Å². The highest BCUT2D eigenvalue weighted by molar-refractivity contribution is 6.08. The van der Waals surface area contributed by atoms with Crippen LogP contribution in [0.25, 0.3) is 5.65 Å². The number of nitrogens with one attached hydrogen (secondary N) is 1. The molecule has 0 spiro atoms. The summed E-state index contributed by atoms with van der Waals surface area (Å²) < 4.78 is 1.81. The summed E-state index contributed by atoms with van der Waals surface area (Å²) in [5.41, 5.74) is 2.77. The van der Waals surface area contributed by atoms with Gasteiger partial charge in [0.05, 0.1) is 5.56 Å². The second-order valence-electron chi connectivity index (χ2n) is 4.22. The predicted molar refractivity (Wildman–Crippen MR) is 72.1 cm³/mol. The maximum atomic E-state index is 12.3. The second-order valence-corrected chi connectivity index (χ2v) is 4.22. The fourth-order valence-electron chi connectivity index (χ4n) is 1.95. The lowest BCUT2D eigenvalue weighted by atomic mass is 10.2. The third-order valence-corrected chi connectivity index (χ3v) is 2.82. The number of carbonyl (C=O) groups is 1. The fraction of sp³-hybridized carbons (Fsp3) is 0.0714. The van der Waals surface area contributed by atoms with Gasteiger partial charge in [0.2, 0.25) is 0 Å². The Hall–Kier alpha value is -2.69. The number of carbonyl (C=O) groups excluding carboxylic acids is 1. The zero-order valence-electron chi connectivity index (χ0n) is 10.4. The molecule has 0 saturated carbocycles. The van der Waals surface area contributed by atoms with Crippen LogP contribution in [0.2, 0.25) is 0 Å². The molecule has 0 unspecified atom stereocenters. The lowest BCUT2D eigenvalue weighted by molar-refractivity contribution is 0.102. The Morgan fingerprint density at radius 2 is 2.11 bits per heavy atom. The first-order valence-corrected chi connectivity index (χ1v) is 5.90. The highest BCUT2D eigenvalue weighted by atomic mass is 16.1. The third kappa shape index (κ3) is 2.18. The Morgan fingerprint density at radius 3 is 2.95 bits per heavy atom. The number of nitrogens with zero attached hydrogens (tertiary/aromatic N) is 3. The van der Waals surface area contributed by atoms with Gasteiger partial charge in [-0.3, -0.25) is 9.78 Å². The summed E-state index contributed by atoms with van der Waals surface area (Å²) >= 11 is 0. The lowest BCUT2D eigenvalue weighted by Gasteiger charge is -2.06. The van der Waals surface area contributed by atoms with Crippen molar-refractivity contribution in [2.75, 3.05) is 5.32 Å². The smallest absolute Gasteiger partial charge is 0.259 e. The van der Waals surface area contributed by atoms with E-state index in [2.05, 4.69) is 15.3 Å². The van der Waals surface area contributed by atoms with Gasteiger partial charge in [0, 0.05) is 36.2 Å². The molecule has 1 N–H and O–H groups in total. The van der Waals surface area contributed by atoms with Gasteiger partial charge < -0.3 is 9.72 Å². The molecule has 3 heterocycles. The molecule has 3 aromatic heterocycles. The van der Waals surface area contributed by atoms with E-state index >= 15 is 0 Å². The number of imidazole rings is 1. The van der Waals surface area contributed by atoms with Crippen molar-refractivity contribution in [2.24, 2.45) is 0 Å². The van der Waals surface area contributed by atoms with Gasteiger partial charge in [-0.05, 0) is 31.2 Å². The molecule has 5 heteroatoms. The molecule has 3 aromatic rings. The third-order valence-electron chi connectivity index (χ3n) is 2.82. The average molecular weight is 252 g/mol. The molecule has 94 valence electrons. The van der Waals surface area contributed by atoms with Gasteiger partial charge in [-0.1, -0.05) is 0 Å². The highest BCUT2D eigenvalue weighted by Gasteiger charge is 2.11. The summed E-state index contributed by atoms with van der Waals surface area (Å²) in [7, 11) is 0. The van der Waals surface area contributed by atoms with Crippen LogP contribution in [0.1, 0.15) is 16.1 Å². The van der Waals surface area contributed by atoms with E-state index in [9.17, 15) is 4.79 Å². The molecule has 3 rings (SSSR count). The Balaban J connectivity index is 1.94. The van der Waals surface area contributed by atoms with Crippen molar-refractivity contribution in [1.82, 2.24) is 14.4 Å². The van der Waals surface area contributed by atoms with Crippen molar-refractivity contribution in [2.45, 2.75) is 6.92 Å². The Labute approximate surface area is 109 Å². The first kappa shape index (κ1) is 11.4. The number of rotatable bonds is 2. The van der Waals surface area contributed by atoms with Crippen LogP contribution in [0.5, 0.6) is 0 Å². The van der Waals surface area contributed by atoms with Crippen molar-refractivity contribution in [3.8, 4) is 0 Å². The minimum absolute atomic E-state index is 0.178. The molecule has 0 saturated heterocycles. The zero-order valence-corrected chi connectivity index (χ0v) is 10.4. The molecule has 0 aliphatic rings. The summed E-state index contributed by atoms with van der Waals surface area (Å²) in [4.78, 5) is 20.5. The fourth-order valence-corrected chi connectivity index (χ4v) is 1.95. The van der Waals surface area contributed by atoms with E-state index in [1.54, 1.807) is 24.5 Å². The highest BCUT2D eigenvalue weighted by Crippen LogP contribution is 2.13. The molecular weight excluding hydrogens is 240 g/mol. The van der Waals surface area contributed by atoms with Crippen LogP contribution in [-0.4, -0.2) is 20.3 Å². The number of amides is 1. The maximum Gasteiger partial charge on any atom is 0.259 e. The molecule has 0 aliphatic carbocycles. The molecular formula is C14H12N4O. The largest absolute Gasteiger partial charge is 0.322 e. The topological polar surface area (TPSA) is 59.3 Å². The van der Waals surface area contributed by atoms with Gasteiger partial charge >= 0.3 is 0 Å². The van der Waals surface area contributed by atoms with E-state index in [-0.39, 0.29) is 5.91 Å². The van der Waals surface area contributed by atoms with Crippen LogP contribution in [0.3, 0.4) is 0 Å². The quantitative estimate of drug-likeness (QED) is 0.761. The number of fused-ring (bicyclic) bond motifs is 1. The molecule has 0 atom stereocenters. The Morgan fingerprint density at radius 1 is 1.21 bits per heavy atom. The van der Waals surface area contributed by atoms with Crippen LogP contribution in [0, 0.1) is 6.92 Å². The predicted octanol–water partition coefficient (Wildman–Crippen LogP) is 2.29. The van der Waals surface area contributed by atoms with Crippen LogP contribution >= 0.6 is 0 Å². The van der Waals surface area contributed by atoms with Gasteiger partial charge in [-0.25, -0.2) is 4.98 Å². The van der Waals surface area contributed by atoms with Crippen molar-refractivity contribution in [3.63, 3.8) is 0 Å². The number of aromatic nitrogens is 3. The lowest BCUT2D eigenvalue weighted by Crippen LogP contribution is -2.13. The van der Waals surface area contributed by atoms with Crippen LogP contribution < -0.4 is 5.32 Å². The Kier molecular flexibility index (Phi) is 2.72. The summed E-state index contributed by atoms with van der Waals surface area (Å²) in [5, 5.41) is 2.85. The summed E-state index contributed by atoms with van der Waals surface area (Å²) in [5.74, 6) is -0.178. The van der Waals surface area contributed by atoms with E-state index < -0.39 is 0 Å². The minimum Gasteiger partial charge on any atom is -0.322 e. The van der Waals surface area contributed by atoms with Gasteiger partial charge in [-0.15, -0.1) is 0 Å². The number of hydrogen-bond acceptors (Lipinski definition) is 3. The monoisotopic (exact) mass is 252 g/mol. The van der Waals surface area contributed by atoms with E-state index in [4.69, 9.17) is 0 Å². The molecule has 0 aromatic carbocycles. The molecule has 5 nitrogen and oxygen atoms in total. The standard InChI is InChI=1S/C14H12N4O/c1-10-9-11(4-5-15-10)17-14(19)12-3-2-7-18-8-6-16-13(12)18/h2-9H,1H3,(H,15,17,19). The van der Waals surface area contributed by atoms with Gasteiger partial charge in [0.1, 0.15) is 5.65 Å². The molecule has 0 radical (unpaired) electrons. The van der Waals surface area contributed by atoms with Crippen molar-refractivity contribution in [3.05, 3.63) is 60.3 Å². The van der Waals surface area contributed by atoms with Crippen molar-refractivity contribution >= 4 is 17.2 Å². The SMILES string of the molecule is Cc1cc(NC(=O)c2cccn3ccnc23)ccn1. The summed E-state index contributed by atoms with van der Waals surface area (Å²) in [6, 6.07) is 7.16. The van der Waals surface area contributed by atoms with E-state index in [1.807, 2.05) is 35.9 Å². The molecule has 0 aliphatic heterocycles. The molecule has 1 amide bonds. The molecule has 0 bridgehead atoms. The van der Waals surface area contributed by atoms with Gasteiger partial charge in [-0.2, -0.15) is 0 Å². The second kappa shape index (κ2) is 4.53. The number of aryl methyl sites for hydroxylation is 1. The zero-order chi connectivity index (χ0) is 13.2.